The van der Waals surface area contributed by atoms with Crippen molar-refractivity contribution in [3.63, 3.8) is 0 Å². The van der Waals surface area contributed by atoms with Crippen LogP contribution in [0.3, 0.4) is 0 Å². The first kappa shape index (κ1) is 17.3. The Labute approximate surface area is 135 Å². The van der Waals surface area contributed by atoms with Crippen LogP contribution in [0.25, 0.3) is 0 Å². The van der Waals surface area contributed by atoms with Crippen LogP contribution in [0.5, 0.6) is 0 Å². The maximum Gasteiger partial charge on any atom is 0.358 e. The van der Waals surface area contributed by atoms with E-state index in [0.717, 1.165) is 12.8 Å². The van der Waals surface area contributed by atoms with Crippen molar-refractivity contribution < 1.29 is 19.1 Å². The van der Waals surface area contributed by atoms with Crippen LogP contribution in [0.2, 0.25) is 0 Å². The Balaban J connectivity index is 2.02. The number of imidazole rings is 1. The number of anilines is 1. The lowest BCUT2D eigenvalue weighted by Crippen LogP contribution is -2.30. The smallest absolute Gasteiger partial charge is 0.358 e. The van der Waals surface area contributed by atoms with Gasteiger partial charge in [-0.05, 0) is 18.8 Å². The normalized spacial score (nSPS) is 13.6. The molecule has 0 saturated heterocycles. The van der Waals surface area contributed by atoms with E-state index in [9.17, 15) is 9.59 Å². The number of methoxy groups -OCH3 is 1. The van der Waals surface area contributed by atoms with Crippen LogP contribution in [0.15, 0.2) is 0 Å². The summed E-state index contributed by atoms with van der Waals surface area (Å²) in [5.41, 5.74) is 0.253. The first-order valence-electron chi connectivity index (χ1n) is 7.83. The Kier molecular flexibility index (Phi) is 5.97. The molecule has 2 amide bonds. The largest absolute Gasteiger partial charge is 0.464 e. The summed E-state index contributed by atoms with van der Waals surface area (Å²) in [5, 5.41) is 5.40. The molecule has 1 aromatic rings. The van der Waals surface area contributed by atoms with E-state index in [2.05, 4.69) is 29.5 Å². The zero-order chi connectivity index (χ0) is 16.8. The number of urea groups is 1. The fourth-order valence-corrected chi connectivity index (χ4v) is 2.42. The van der Waals surface area contributed by atoms with Gasteiger partial charge in [-0.3, -0.25) is 5.32 Å². The summed E-state index contributed by atoms with van der Waals surface area (Å²) in [6.45, 7) is 6.16. The van der Waals surface area contributed by atoms with Gasteiger partial charge in [-0.15, -0.1) is 0 Å². The van der Waals surface area contributed by atoms with E-state index in [0.29, 0.717) is 38.0 Å². The molecule has 0 saturated carbocycles. The molecule has 1 aliphatic heterocycles. The van der Waals surface area contributed by atoms with Crippen LogP contribution in [-0.4, -0.2) is 41.8 Å². The third-order valence-corrected chi connectivity index (χ3v) is 3.59. The van der Waals surface area contributed by atoms with E-state index in [4.69, 9.17) is 9.47 Å². The molecular formula is C15H24N4O4. The minimum absolute atomic E-state index is 0.207. The van der Waals surface area contributed by atoms with Gasteiger partial charge >= 0.3 is 12.0 Å². The number of esters is 1. The summed E-state index contributed by atoms with van der Waals surface area (Å²) in [7, 11) is 1.30. The molecule has 1 aromatic heterocycles. The van der Waals surface area contributed by atoms with Crippen LogP contribution >= 0.6 is 0 Å². The van der Waals surface area contributed by atoms with Gasteiger partial charge in [0.2, 0.25) is 0 Å². The Bertz CT molecular complexity index is 568. The van der Waals surface area contributed by atoms with Crippen molar-refractivity contribution >= 4 is 17.8 Å². The molecule has 8 heteroatoms. The number of amides is 2. The average molecular weight is 324 g/mol. The van der Waals surface area contributed by atoms with Crippen molar-refractivity contribution in [3.05, 3.63) is 11.5 Å². The quantitative estimate of drug-likeness (QED) is 0.614. The lowest BCUT2D eigenvalue weighted by Gasteiger charge is -2.15. The van der Waals surface area contributed by atoms with Gasteiger partial charge in [0.1, 0.15) is 12.4 Å². The van der Waals surface area contributed by atoms with Crippen molar-refractivity contribution in [3.8, 4) is 0 Å². The van der Waals surface area contributed by atoms with Crippen molar-refractivity contribution in [1.29, 1.82) is 0 Å². The number of carbonyl (C=O) groups excluding carboxylic acids is 2. The third-order valence-electron chi connectivity index (χ3n) is 3.59. The van der Waals surface area contributed by atoms with Gasteiger partial charge in [0.25, 0.3) is 0 Å². The first-order valence-corrected chi connectivity index (χ1v) is 7.83. The summed E-state index contributed by atoms with van der Waals surface area (Å²) in [6, 6.07) is -0.379. The molecular weight excluding hydrogens is 300 g/mol. The van der Waals surface area contributed by atoms with Crippen LogP contribution in [0.1, 0.15) is 43.0 Å². The SMILES string of the molecule is COC(=O)c1c(NC(=O)NCCCC(C)C)nc2n1CCOC2. The van der Waals surface area contributed by atoms with Gasteiger partial charge in [0.05, 0.1) is 13.7 Å². The summed E-state index contributed by atoms with van der Waals surface area (Å²) in [4.78, 5) is 28.2. The Morgan fingerprint density at radius 3 is 2.91 bits per heavy atom. The van der Waals surface area contributed by atoms with E-state index in [1.807, 2.05) is 0 Å². The number of fused-ring (bicyclic) bond motifs is 1. The predicted octanol–water partition coefficient (Wildman–Crippen LogP) is 1.76. The molecule has 2 rings (SSSR count). The topological polar surface area (TPSA) is 94.5 Å². The lowest BCUT2D eigenvalue weighted by atomic mass is 10.1. The molecule has 2 heterocycles. The standard InChI is InChI=1S/C15H24N4O4/c1-10(2)5-4-6-16-15(21)18-13-12(14(20)22-3)19-7-8-23-9-11(19)17-13/h10H,4-9H2,1-3H3,(H2,16,18,21). The van der Waals surface area contributed by atoms with E-state index in [1.165, 1.54) is 7.11 Å². The van der Waals surface area contributed by atoms with Crippen molar-refractivity contribution in [2.75, 3.05) is 25.6 Å². The number of nitrogens with zero attached hydrogens (tertiary/aromatic N) is 2. The second kappa shape index (κ2) is 7.96. The zero-order valence-corrected chi connectivity index (χ0v) is 13.8. The molecule has 128 valence electrons. The maximum atomic E-state index is 12.0. The highest BCUT2D eigenvalue weighted by Crippen LogP contribution is 2.21. The fourth-order valence-electron chi connectivity index (χ4n) is 2.42. The summed E-state index contributed by atoms with van der Waals surface area (Å²) < 4.78 is 11.8. The van der Waals surface area contributed by atoms with Gasteiger partial charge in [0.15, 0.2) is 11.5 Å². The Morgan fingerprint density at radius 1 is 1.43 bits per heavy atom. The number of ether oxygens (including phenoxy) is 2. The van der Waals surface area contributed by atoms with Crippen LogP contribution < -0.4 is 10.6 Å². The predicted molar refractivity (Wildman–Crippen MR) is 84.3 cm³/mol. The molecule has 0 fully saturated rings. The maximum absolute atomic E-state index is 12.0. The van der Waals surface area contributed by atoms with E-state index < -0.39 is 5.97 Å². The van der Waals surface area contributed by atoms with E-state index in [-0.39, 0.29) is 17.5 Å². The summed E-state index contributed by atoms with van der Waals surface area (Å²) in [5.74, 6) is 0.886. The number of nitrogens with one attached hydrogen (secondary N) is 2. The van der Waals surface area contributed by atoms with Crippen LogP contribution in [0.4, 0.5) is 10.6 Å². The van der Waals surface area contributed by atoms with Crippen molar-refractivity contribution in [2.45, 2.75) is 39.8 Å². The molecule has 0 radical (unpaired) electrons. The molecule has 0 aromatic carbocycles. The van der Waals surface area contributed by atoms with Gasteiger partial charge in [-0.25, -0.2) is 14.6 Å². The molecule has 0 aliphatic carbocycles. The second-order valence-electron chi connectivity index (χ2n) is 5.84. The van der Waals surface area contributed by atoms with Crippen molar-refractivity contribution in [2.24, 2.45) is 5.92 Å². The number of rotatable bonds is 6. The molecule has 0 unspecified atom stereocenters. The van der Waals surface area contributed by atoms with E-state index >= 15 is 0 Å². The minimum Gasteiger partial charge on any atom is -0.464 e. The fraction of sp³-hybridized carbons (Fsp3) is 0.667. The first-order chi connectivity index (χ1) is 11.0. The highest BCUT2D eigenvalue weighted by Gasteiger charge is 2.26. The van der Waals surface area contributed by atoms with Gasteiger partial charge in [0, 0.05) is 13.1 Å². The average Bonchev–Trinajstić information content (AvgIpc) is 2.88. The minimum atomic E-state index is -0.527. The molecule has 8 nitrogen and oxygen atoms in total. The van der Waals surface area contributed by atoms with Gasteiger partial charge in [-0.1, -0.05) is 13.8 Å². The Morgan fingerprint density at radius 2 is 2.22 bits per heavy atom. The molecule has 0 bridgehead atoms. The number of carbonyl (C=O) groups is 2. The zero-order valence-electron chi connectivity index (χ0n) is 13.8. The van der Waals surface area contributed by atoms with Crippen LogP contribution in [-0.2, 0) is 22.6 Å². The molecule has 1 aliphatic rings. The summed E-state index contributed by atoms with van der Waals surface area (Å²) in [6.07, 6.45) is 1.95. The lowest BCUT2D eigenvalue weighted by molar-refractivity contribution is 0.0559. The number of hydrogen-bond donors (Lipinski definition) is 2. The monoisotopic (exact) mass is 324 g/mol. The molecule has 2 N–H and O–H groups in total. The molecule has 0 spiro atoms. The number of aromatic nitrogens is 2. The third kappa shape index (κ3) is 4.44. The highest BCUT2D eigenvalue weighted by molar-refractivity contribution is 5.98. The summed E-state index contributed by atoms with van der Waals surface area (Å²) >= 11 is 0. The highest BCUT2D eigenvalue weighted by atomic mass is 16.5. The van der Waals surface area contributed by atoms with Crippen LogP contribution in [0, 0.1) is 5.92 Å². The molecule has 23 heavy (non-hydrogen) atoms. The van der Waals surface area contributed by atoms with E-state index in [1.54, 1.807) is 4.57 Å². The second-order valence-corrected chi connectivity index (χ2v) is 5.84. The van der Waals surface area contributed by atoms with Crippen molar-refractivity contribution in [1.82, 2.24) is 14.9 Å². The van der Waals surface area contributed by atoms with Gasteiger partial charge < -0.3 is 19.4 Å². The van der Waals surface area contributed by atoms with Gasteiger partial charge in [-0.2, -0.15) is 0 Å². The number of hydrogen-bond acceptors (Lipinski definition) is 5. The molecule has 0 atom stereocenters. The Hall–Kier alpha value is -2.09.